The molecular weight excluding hydrogens is 362 g/mol. The largest absolute Gasteiger partial charge is 0.508 e. The van der Waals surface area contributed by atoms with Crippen LogP contribution in [0.1, 0.15) is 38.5 Å². The molecule has 0 aliphatic carbocycles. The molecule has 4 N–H and O–H groups in total. The molecule has 0 amide bonds. The molecule has 3 aromatic carbocycles. The van der Waals surface area contributed by atoms with E-state index in [9.17, 15) is 20.1 Å². The Bertz CT molecular complexity index is 1120. The van der Waals surface area contributed by atoms with Crippen LogP contribution in [0.5, 0.6) is 23.0 Å². The van der Waals surface area contributed by atoms with Crippen LogP contribution < -0.4 is 4.74 Å². The van der Waals surface area contributed by atoms with Gasteiger partial charge in [-0.2, -0.15) is 0 Å². The van der Waals surface area contributed by atoms with Crippen LogP contribution in [0.15, 0.2) is 59.8 Å². The Morgan fingerprint density at radius 2 is 1.75 bits per heavy atom. The third-order valence-corrected chi connectivity index (χ3v) is 4.72. The summed E-state index contributed by atoms with van der Waals surface area (Å²) in [7, 11) is 0. The maximum atomic E-state index is 11.8. The third kappa shape index (κ3) is 2.69. The van der Waals surface area contributed by atoms with E-state index in [4.69, 9.17) is 9.94 Å². The van der Waals surface area contributed by atoms with Gasteiger partial charge in [0.2, 0.25) is 0 Å². The molecule has 4 rings (SSSR count). The Morgan fingerprint density at radius 3 is 2.50 bits per heavy atom. The van der Waals surface area contributed by atoms with Gasteiger partial charge in [0.25, 0.3) is 0 Å². The number of nitrogens with zero attached hydrogens (tertiary/aromatic N) is 1. The Labute approximate surface area is 159 Å². The van der Waals surface area contributed by atoms with Gasteiger partial charge in [0.05, 0.1) is 17.3 Å². The second-order valence-corrected chi connectivity index (χ2v) is 6.31. The number of oxime groups is 1. The molecule has 0 fully saturated rings. The molecule has 1 heterocycles. The SMILES string of the molecule is O=C(O)c1ccccc1C1c2ccc(O)cc2Oc2c1ccc(O)c2/C=N/O. The van der Waals surface area contributed by atoms with E-state index in [1.54, 1.807) is 30.3 Å². The highest BCUT2D eigenvalue weighted by Gasteiger charge is 2.33. The lowest BCUT2D eigenvalue weighted by Crippen LogP contribution is -2.16. The number of fused-ring (bicyclic) bond motifs is 2. The van der Waals surface area contributed by atoms with Crippen LogP contribution in [0.4, 0.5) is 0 Å². The van der Waals surface area contributed by atoms with Crippen molar-refractivity contribution in [3.8, 4) is 23.0 Å². The number of carboxylic acid groups (broad SMARTS) is 1. The Balaban J connectivity index is 2.06. The summed E-state index contributed by atoms with van der Waals surface area (Å²) in [5.74, 6) is -1.25. The van der Waals surface area contributed by atoms with Gasteiger partial charge >= 0.3 is 5.97 Å². The molecule has 0 radical (unpaired) electrons. The van der Waals surface area contributed by atoms with E-state index < -0.39 is 11.9 Å². The molecule has 0 bridgehead atoms. The summed E-state index contributed by atoms with van der Waals surface area (Å²) in [4.78, 5) is 11.8. The van der Waals surface area contributed by atoms with Gasteiger partial charge in [-0.05, 0) is 23.8 Å². The first-order valence-corrected chi connectivity index (χ1v) is 8.37. The van der Waals surface area contributed by atoms with Crippen LogP contribution in [0.2, 0.25) is 0 Å². The van der Waals surface area contributed by atoms with E-state index in [-0.39, 0.29) is 28.4 Å². The van der Waals surface area contributed by atoms with Crippen molar-refractivity contribution in [3.63, 3.8) is 0 Å². The molecule has 7 nitrogen and oxygen atoms in total. The lowest BCUT2D eigenvalue weighted by molar-refractivity contribution is 0.0695. The number of benzene rings is 3. The topological polar surface area (TPSA) is 120 Å². The van der Waals surface area contributed by atoms with Crippen LogP contribution in [0, 0.1) is 0 Å². The molecular formula is C21H15NO6. The van der Waals surface area contributed by atoms with Crippen molar-refractivity contribution in [1.82, 2.24) is 0 Å². The Morgan fingerprint density at radius 1 is 1.00 bits per heavy atom. The molecule has 1 aliphatic rings. The fourth-order valence-corrected chi connectivity index (χ4v) is 3.54. The highest BCUT2D eigenvalue weighted by atomic mass is 16.5. The van der Waals surface area contributed by atoms with E-state index in [1.807, 2.05) is 0 Å². The van der Waals surface area contributed by atoms with Crippen molar-refractivity contribution in [1.29, 1.82) is 0 Å². The molecule has 140 valence electrons. The molecule has 1 aliphatic heterocycles. The quantitative estimate of drug-likeness (QED) is 0.244. The van der Waals surface area contributed by atoms with E-state index in [0.717, 1.165) is 6.21 Å². The number of carbonyl (C=O) groups is 1. The summed E-state index contributed by atoms with van der Waals surface area (Å²) in [6, 6.07) is 14.3. The molecule has 3 aromatic rings. The summed E-state index contributed by atoms with van der Waals surface area (Å²) < 4.78 is 5.91. The van der Waals surface area contributed by atoms with Crippen molar-refractivity contribution in [2.75, 3.05) is 0 Å². The molecule has 28 heavy (non-hydrogen) atoms. The molecule has 0 spiro atoms. The van der Waals surface area contributed by atoms with Gasteiger partial charge in [0.15, 0.2) is 0 Å². The van der Waals surface area contributed by atoms with Gasteiger partial charge in [-0.1, -0.05) is 35.5 Å². The van der Waals surface area contributed by atoms with E-state index in [1.165, 1.54) is 24.3 Å². The highest BCUT2D eigenvalue weighted by Crippen LogP contribution is 2.51. The summed E-state index contributed by atoms with van der Waals surface area (Å²) in [5.41, 5.74) is 2.07. The molecule has 0 saturated heterocycles. The first-order valence-electron chi connectivity index (χ1n) is 8.37. The minimum absolute atomic E-state index is 0.0231. The summed E-state index contributed by atoms with van der Waals surface area (Å²) in [6.45, 7) is 0. The molecule has 7 heteroatoms. The fraction of sp³-hybridized carbons (Fsp3) is 0.0476. The zero-order valence-electron chi connectivity index (χ0n) is 14.4. The monoisotopic (exact) mass is 377 g/mol. The highest BCUT2D eigenvalue weighted by molar-refractivity contribution is 5.92. The number of phenols is 2. The molecule has 1 atom stereocenters. The van der Waals surface area contributed by atoms with Crippen LogP contribution in [0.25, 0.3) is 0 Å². The lowest BCUT2D eigenvalue weighted by Gasteiger charge is -2.30. The summed E-state index contributed by atoms with van der Waals surface area (Å²) in [5, 5.41) is 41.7. The number of ether oxygens (including phenoxy) is 1. The van der Waals surface area contributed by atoms with Gasteiger partial charge in [0.1, 0.15) is 23.0 Å². The van der Waals surface area contributed by atoms with Crippen molar-refractivity contribution >= 4 is 12.2 Å². The Kier molecular flexibility index (Phi) is 4.12. The number of carboxylic acids is 1. The van der Waals surface area contributed by atoms with Crippen molar-refractivity contribution < 1.29 is 30.1 Å². The molecule has 1 unspecified atom stereocenters. The molecule has 0 saturated carbocycles. The Hall–Kier alpha value is -4.00. The zero-order valence-corrected chi connectivity index (χ0v) is 14.4. The number of aromatic carboxylic acids is 1. The molecule has 0 aromatic heterocycles. The van der Waals surface area contributed by atoms with Crippen molar-refractivity contribution in [2.24, 2.45) is 5.16 Å². The standard InChI is InChI=1S/C21H15NO6/c23-11-5-6-14-18(9-11)28-20-15(7-8-17(24)16(20)10-22-27)19(14)12-3-1-2-4-13(12)21(25)26/h1-10,19,23-24,27H,(H,25,26)/b22-10+. The third-order valence-electron chi connectivity index (χ3n) is 4.72. The van der Waals surface area contributed by atoms with Gasteiger partial charge in [0, 0.05) is 23.1 Å². The maximum absolute atomic E-state index is 11.8. The van der Waals surface area contributed by atoms with E-state index in [0.29, 0.717) is 22.4 Å². The lowest BCUT2D eigenvalue weighted by atomic mass is 9.80. The van der Waals surface area contributed by atoms with Gasteiger partial charge in [-0.15, -0.1) is 0 Å². The predicted molar refractivity (Wildman–Crippen MR) is 100 cm³/mol. The number of rotatable bonds is 3. The smallest absolute Gasteiger partial charge is 0.335 e. The van der Waals surface area contributed by atoms with E-state index >= 15 is 0 Å². The second kappa shape index (κ2) is 6.62. The van der Waals surface area contributed by atoms with E-state index in [2.05, 4.69) is 5.16 Å². The van der Waals surface area contributed by atoms with Gasteiger partial charge < -0.3 is 25.3 Å². The number of phenolic OH excluding ortho intramolecular Hbond substituents is 2. The average Bonchev–Trinajstić information content (AvgIpc) is 2.68. The summed E-state index contributed by atoms with van der Waals surface area (Å²) >= 11 is 0. The summed E-state index contributed by atoms with van der Waals surface area (Å²) in [6.07, 6.45) is 1.04. The van der Waals surface area contributed by atoms with Crippen LogP contribution in [-0.2, 0) is 0 Å². The number of hydrogen-bond donors (Lipinski definition) is 4. The van der Waals surface area contributed by atoms with Crippen LogP contribution >= 0.6 is 0 Å². The van der Waals surface area contributed by atoms with Crippen molar-refractivity contribution in [3.05, 3.63) is 82.4 Å². The first kappa shape index (κ1) is 17.4. The van der Waals surface area contributed by atoms with Crippen LogP contribution in [0.3, 0.4) is 0 Å². The predicted octanol–water partition coefficient (Wildman–Crippen LogP) is 3.89. The number of hydrogen-bond acceptors (Lipinski definition) is 6. The first-order chi connectivity index (χ1) is 13.5. The average molecular weight is 377 g/mol. The number of aromatic hydroxyl groups is 2. The normalized spacial score (nSPS) is 14.9. The van der Waals surface area contributed by atoms with Crippen molar-refractivity contribution in [2.45, 2.75) is 5.92 Å². The fourth-order valence-electron chi connectivity index (χ4n) is 3.54. The van der Waals surface area contributed by atoms with Gasteiger partial charge in [-0.25, -0.2) is 4.79 Å². The van der Waals surface area contributed by atoms with Gasteiger partial charge in [-0.3, -0.25) is 0 Å². The second-order valence-electron chi connectivity index (χ2n) is 6.31. The minimum atomic E-state index is -1.07. The minimum Gasteiger partial charge on any atom is -0.508 e. The van der Waals surface area contributed by atoms with Crippen LogP contribution in [-0.4, -0.2) is 32.7 Å². The maximum Gasteiger partial charge on any atom is 0.335 e. The zero-order chi connectivity index (χ0) is 19.8.